The fourth-order valence-electron chi connectivity index (χ4n) is 2.13. The van der Waals surface area contributed by atoms with Crippen LogP contribution in [-0.2, 0) is 0 Å². The fraction of sp³-hybridized carbons (Fsp3) is 0.615. The van der Waals surface area contributed by atoms with E-state index in [1.54, 1.807) is 0 Å². The first kappa shape index (κ1) is 14.1. The molecule has 0 saturated carbocycles. The number of hydrogen-bond acceptors (Lipinski definition) is 5. The van der Waals surface area contributed by atoms with Crippen LogP contribution in [0.4, 0.5) is 10.7 Å². The average Bonchev–Trinajstić information content (AvgIpc) is 2.79. The third-order valence-corrected chi connectivity index (χ3v) is 4.48. The van der Waals surface area contributed by atoms with Gasteiger partial charge in [0, 0.05) is 19.6 Å². The number of piperidine rings is 1. The van der Waals surface area contributed by atoms with Gasteiger partial charge in [-0.3, -0.25) is 4.79 Å². The van der Waals surface area contributed by atoms with Crippen molar-refractivity contribution in [1.82, 2.24) is 5.32 Å². The summed E-state index contributed by atoms with van der Waals surface area (Å²) in [5, 5.41) is 13.4. The van der Waals surface area contributed by atoms with Gasteiger partial charge in [0.25, 0.3) is 5.91 Å². The number of nitrogen functional groups attached to an aromatic ring is 1. The molecule has 19 heavy (non-hydrogen) atoms. The molecule has 2 heterocycles. The van der Waals surface area contributed by atoms with Crippen molar-refractivity contribution in [2.24, 2.45) is 0 Å². The van der Waals surface area contributed by atoms with Crippen molar-refractivity contribution >= 4 is 27.9 Å². The fourth-order valence-corrected chi connectivity index (χ4v) is 3.18. The van der Waals surface area contributed by atoms with Crippen LogP contribution in [0.1, 0.15) is 35.9 Å². The van der Waals surface area contributed by atoms with Crippen LogP contribution < -0.4 is 16.0 Å². The monoisotopic (exact) mass is 283 g/mol. The van der Waals surface area contributed by atoms with E-state index in [-0.39, 0.29) is 12.0 Å². The van der Waals surface area contributed by atoms with Crippen LogP contribution in [0.5, 0.6) is 0 Å². The Kier molecular flexibility index (Phi) is 4.66. The summed E-state index contributed by atoms with van der Waals surface area (Å²) in [5.74, 6) is -0.0901. The highest BCUT2D eigenvalue weighted by atomic mass is 32.1. The molecule has 1 saturated heterocycles. The van der Waals surface area contributed by atoms with Crippen molar-refractivity contribution < 1.29 is 9.90 Å². The Morgan fingerprint density at radius 1 is 1.58 bits per heavy atom. The number of carbonyl (C=O) groups excluding carboxylic acids is 1. The maximum Gasteiger partial charge on any atom is 0.263 e. The molecule has 1 fully saturated rings. The molecule has 0 spiro atoms. The highest BCUT2D eigenvalue weighted by Crippen LogP contribution is 2.33. The molecule has 5 nitrogen and oxygen atoms in total. The van der Waals surface area contributed by atoms with Crippen LogP contribution in [0.15, 0.2) is 6.07 Å². The Morgan fingerprint density at radius 2 is 2.26 bits per heavy atom. The normalized spacial score (nSPS) is 16.6. The highest BCUT2D eigenvalue weighted by molar-refractivity contribution is 7.18. The third kappa shape index (κ3) is 3.39. The summed E-state index contributed by atoms with van der Waals surface area (Å²) < 4.78 is 0. The van der Waals surface area contributed by atoms with Gasteiger partial charge in [-0.1, -0.05) is 6.92 Å². The summed E-state index contributed by atoms with van der Waals surface area (Å²) >= 11 is 1.43. The zero-order valence-corrected chi connectivity index (χ0v) is 12.0. The zero-order chi connectivity index (χ0) is 13.8. The van der Waals surface area contributed by atoms with Crippen molar-refractivity contribution in [1.29, 1.82) is 0 Å². The molecule has 0 radical (unpaired) electrons. The molecule has 6 heteroatoms. The third-order valence-electron chi connectivity index (χ3n) is 3.27. The van der Waals surface area contributed by atoms with Crippen LogP contribution in [0.2, 0.25) is 0 Å². The summed E-state index contributed by atoms with van der Waals surface area (Å²) in [7, 11) is 0. The SMILES string of the molecule is CCCNC(=O)c1sc(N2CCC(O)CC2)cc1N. The molecule has 106 valence electrons. The number of anilines is 2. The van der Waals surface area contributed by atoms with Gasteiger partial charge in [0.1, 0.15) is 4.88 Å². The first-order chi connectivity index (χ1) is 9.11. The van der Waals surface area contributed by atoms with E-state index in [0.29, 0.717) is 17.1 Å². The topological polar surface area (TPSA) is 78.6 Å². The number of carbonyl (C=O) groups is 1. The molecule has 1 aliphatic heterocycles. The summed E-state index contributed by atoms with van der Waals surface area (Å²) in [6.07, 6.45) is 2.26. The molecule has 0 aliphatic carbocycles. The van der Waals surface area contributed by atoms with Gasteiger partial charge in [-0.2, -0.15) is 0 Å². The Bertz CT molecular complexity index is 439. The molecule has 0 aromatic carbocycles. The van der Waals surface area contributed by atoms with E-state index in [0.717, 1.165) is 37.4 Å². The van der Waals surface area contributed by atoms with Gasteiger partial charge in [-0.15, -0.1) is 11.3 Å². The van der Waals surface area contributed by atoms with E-state index >= 15 is 0 Å². The minimum absolute atomic E-state index is 0.0901. The molecule has 2 rings (SSSR count). The molecule has 0 bridgehead atoms. The van der Waals surface area contributed by atoms with Crippen molar-refractivity contribution in [2.45, 2.75) is 32.3 Å². The van der Waals surface area contributed by atoms with Crippen molar-refractivity contribution in [3.05, 3.63) is 10.9 Å². The predicted octanol–water partition coefficient (Wildman–Crippen LogP) is 1.43. The molecule has 0 unspecified atom stereocenters. The number of aliphatic hydroxyl groups excluding tert-OH is 1. The van der Waals surface area contributed by atoms with E-state index in [2.05, 4.69) is 10.2 Å². The highest BCUT2D eigenvalue weighted by Gasteiger charge is 2.21. The molecule has 1 aromatic heterocycles. The number of nitrogens with two attached hydrogens (primary N) is 1. The van der Waals surface area contributed by atoms with Gasteiger partial charge in [-0.05, 0) is 25.3 Å². The number of nitrogens with zero attached hydrogens (tertiary/aromatic N) is 1. The second-order valence-electron chi connectivity index (χ2n) is 4.84. The second-order valence-corrected chi connectivity index (χ2v) is 5.87. The van der Waals surface area contributed by atoms with E-state index < -0.39 is 0 Å². The van der Waals surface area contributed by atoms with Crippen molar-refractivity contribution in [2.75, 3.05) is 30.3 Å². The van der Waals surface area contributed by atoms with Crippen molar-refractivity contribution in [3.8, 4) is 0 Å². The number of hydrogen-bond donors (Lipinski definition) is 3. The summed E-state index contributed by atoms with van der Waals surface area (Å²) in [6, 6.07) is 1.86. The lowest BCUT2D eigenvalue weighted by Crippen LogP contribution is -2.35. The lowest BCUT2D eigenvalue weighted by molar-refractivity contribution is 0.0958. The number of aliphatic hydroxyl groups is 1. The van der Waals surface area contributed by atoms with Gasteiger partial charge in [0.05, 0.1) is 16.8 Å². The maximum atomic E-state index is 11.9. The van der Waals surface area contributed by atoms with E-state index in [4.69, 9.17) is 5.73 Å². The molecule has 4 N–H and O–H groups in total. The minimum Gasteiger partial charge on any atom is -0.397 e. The predicted molar refractivity (Wildman–Crippen MR) is 78.8 cm³/mol. The summed E-state index contributed by atoms with van der Waals surface area (Å²) in [4.78, 5) is 14.7. The molecule has 1 aliphatic rings. The zero-order valence-electron chi connectivity index (χ0n) is 11.2. The molecular formula is C13H21N3O2S. The molecular weight excluding hydrogens is 262 g/mol. The van der Waals surface area contributed by atoms with Gasteiger partial charge in [0.15, 0.2) is 0 Å². The van der Waals surface area contributed by atoms with E-state index in [9.17, 15) is 9.90 Å². The van der Waals surface area contributed by atoms with Crippen LogP contribution in [0.3, 0.4) is 0 Å². The Labute approximate surface area is 117 Å². The smallest absolute Gasteiger partial charge is 0.263 e. The Balaban J connectivity index is 2.05. The van der Waals surface area contributed by atoms with Gasteiger partial charge in [-0.25, -0.2) is 0 Å². The minimum atomic E-state index is -0.194. The Hall–Kier alpha value is -1.27. The molecule has 0 atom stereocenters. The number of thiophene rings is 1. The number of nitrogens with one attached hydrogen (secondary N) is 1. The van der Waals surface area contributed by atoms with Gasteiger partial charge in [0.2, 0.25) is 0 Å². The lowest BCUT2D eigenvalue weighted by Gasteiger charge is -2.30. The summed E-state index contributed by atoms with van der Waals surface area (Å²) in [5.41, 5.74) is 6.46. The molecule has 1 aromatic rings. The number of amides is 1. The first-order valence-electron chi connectivity index (χ1n) is 6.72. The quantitative estimate of drug-likeness (QED) is 0.781. The van der Waals surface area contributed by atoms with Crippen LogP contribution >= 0.6 is 11.3 Å². The van der Waals surface area contributed by atoms with Crippen LogP contribution in [0.25, 0.3) is 0 Å². The van der Waals surface area contributed by atoms with E-state index in [1.165, 1.54) is 11.3 Å². The second kappa shape index (κ2) is 6.25. The van der Waals surface area contributed by atoms with Gasteiger partial charge >= 0.3 is 0 Å². The first-order valence-corrected chi connectivity index (χ1v) is 7.54. The molecule has 1 amide bonds. The van der Waals surface area contributed by atoms with E-state index in [1.807, 2.05) is 13.0 Å². The van der Waals surface area contributed by atoms with Crippen molar-refractivity contribution in [3.63, 3.8) is 0 Å². The maximum absolute atomic E-state index is 11.9. The van der Waals surface area contributed by atoms with Gasteiger partial charge < -0.3 is 21.1 Å². The van der Waals surface area contributed by atoms with Crippen LogP contribution in [0, 0.1) is 0 Å². The lowest BCUT2D eigenvalue weighted by atomic mass is 10.1. The standard InChI is InChI=1S/C13H21N3O2S/c1-2-5-15-13(18)12-10(14)8-11(19-12)16-6-3-9(17)4-7-16/h8-9,17H,2-7,14H2,1H3,(H,15,18). The van der Waals surface area contributed by atoms with Crippen LogP contribution in [-0.4, -0.2) is 36.8 Å². The Morgan fingerprint density at radius 3 is 2.89 bits per heavy atom. The summed E-state index contributed by atoms with van der Waals surface area (Å²) in [6.45, 7) is 4.32. The average molecular weight is 283 g/mol. The number of rotatable bonds is 4. The largest absolute Gasteiger partial charge is 0.397 e.